The van der Waals surface area contributed by atoms with Gasteiger partial charge in [0.25, 0.3) is 11.8 Å². The number of carbonyl (C=O) groups is 2. The third-order valence-electron chi connectivity index (χ3n) is 4.42. The van der Waals surface area contributed by atoms with E-state index in [9.17, 15) is 9.59 Å². The van der Waals surface area contributed by atoms with Crippen LogP contribution in [0.25, 0.3) is 11.1 Å². The number of anilines is 1. The normalized spacial score (nSPS) is 12.4. The summed E-state index contributed by atoms with van der Waals surface area (Å²) in [4.78, 5) is 28.9. The molecule has 1 aliphatic rings. The number of pyridine rings is 1. The Balaban J connectivity index is 1.63. The first-order chi connectivity index (χ1) is 12.6. The standard InChI is InChI=1S/C21H17N3O2/c1-13-4-2-5-14(8-13)16-9-17(11-22-10-16)20(25)24-18-7-3-6-15-12-23-21(26)19(15)18/h2-11H,12H2,1H3,(H,23,26)(H,24,25). The van der Waals surface area contributed by atoms with Gasteiger partial charge in [-0.2, -0.15) is 0 Å². The van der Waals surface area contributed by atoms with Gasteiger partial charge in [-0.05, 0) is 30.2 Å². The Morgan fingerprint density at radius 3 is 2.77 bits per heavy atom. The van der Waals surface area contributed by atoms with Crippen molar-refractivity contribution in [3.05, 3.63) is 83.2 Å². The highest BCUT2D eigenvalue weighted by Gasteiger charge is 2.23. The quantitative estimate of drug-likeness (QED) is 0.764. The first-order valence-electron chi connectivity index (χ1n) is 8.35. The lowest BCUT2D eigenvalue weighted by atomic mass is 10.0. The molecule has 128 valence electrons. The van der Waals surface area contributed by atoms with Crippen molar-refractivity contribution >= 4 is 17.5 Å². The molecular weight excluding hydrogens is 326 g/mol. The lowest BCUT2D eigenvalue weighted by Crippen LogP contribution is -2.17. The molecule has 2 heterocycles. The summed E-state index contributed by atoms with van der Waals surface area (Å²) in [5.74, 6) is -0.456. The number of aryl methyl sites for hydroxylation is 1. The summed E-state index contributed by atoms with van der Waals surface area (Å²) < 4.78 is 0. The molecule has 1 aromatic heterocycles. The van der Waals surface area contributed by atoms with E-state index < -0.39 is 0 Å². The van der Waals surface area contributed by atoms with Gasteiger partial charge in [-0.1, -0.05) is 42.0 Å². The van der Waals surface area contributed by atoms with Gasteiger partial charge in [0.05, 0.1) is 16.8 Å². The number of fused-ring (bicyclic) bond motifs is 1. The summed E-state index contributed by atoms with van der Waals surface area (Å²) >= 11 is 0. The number of nitrogens with zero attached hydrogens (tertiary/aromatic N) is 1. The number of hydrogen-bond acceptors (Lipinski definition) is 3. The smallest absolute Gasteiger partial charge is 0.257 e. The lowest BCUT2D eigenvalue weighted by Gasteiger charge is -2.10. The van der Waals surface area contributed by atoms with Crippen molar-refractivity contribution < 1.29 is 9.59 Å². The Morgan fingerprint density at radius 2 is 1.92 bits per heavy atom. The maximum absolute atomic E-state index is 12.7. The Morgan fingerprint density at radius 1 is 1.08 bits per heavy atom. The van der Waals surface area contributed by atoms with Crippen LogP contribution in [0.2, 0.25) is 0 Å². The second kappa shape index (κ2) is 6.44. The summed E-state index contributed by atoms with van der Waals surface area (Å²) in [5, 5.41) is 5.61. The molecule has 4 rings (SSSR count). The van der Waals surface area contributed by atoms with Crippen LogP contribution in [-0.2, 0) is 6.54 Å². The predicted octanol–water partition coefficient (Wildman–Crippen LogP) is 3.55. The molecule has 5 nitrogen and oxygen atoms in total. The van der Waals surface area contributed by atoms with Crippen molar-refractivity contribution in [2.75, 3.05) is 5.32 Å². The minimum absolute atomic E-state index is 0.164. The Hall–Kier alpha value is -3.47. The zero-order chi connectivity index (χ0) is 18.1. The zero-order valence-corrected chi connectivity index (χ0v) is 14.2. The van der Waals surface area contributed by atoms with Crippen LogP contribution in [0.5, 0.6) is 0 Å². The van der Waals surface area contributed by atoms with Crippen LogP contribution < -0.4 is 10.6 Å². The van der Waals surface area contributed by atoms with Crippen LogP contribution in [0.4, 0.5) is 5.69 Å². The maximum Gasteiger partial charge on any atom is 0.257 e. The van der Waals surface area contributed by atoms with Crippen molar-refractivity contribution in [2.45, 2.75) is 13.5 Å². The first-order valence-corrected chi connectivity index (χ1v) is 8.35. The second-order valence-electron chi connectivity index (χ2n) is 6.31. The molecule has 0 saturated heterocycles. The molecule has 5 heteroatoms. The lowest BCUT2D eigenvalue weighted by molar-refractivity contribution is 0.0966. The molecule has 3 aromatic rings. The number of amides is 2. The van der Waals surface area contributed by atoms with Gasteiger partial charge in [0.15, 0.2) is 0 Å². The van der Waals surface area contributed by atoms with Crippen LogP contribution in [0.3, 0.4) is 0 Å². The van der Waals surface area contributed by atoms with E-state index in [2.05, 4.69) is 15.6 Å². The maximum atomic E-state index is 12.7. The summed E-state index contributed by atoms with van der Waals surface area (Å²) in [7, 11) is 0. The van der Waals surface area contributed by atoms with Gasteiger partial charge in [0.1, 0.15) is 0 Å². The molecule has 2 aromatic carbocycles. The van der Waals surface area contributed by atoms with E-state index in [0.29, 0.717) is 23.4 Å². The van der Waals surface area contributed by atoms with Crippen molar-refractivity contribution in [1.29, 1.82) is 0 Å². The topological polar surface area (TPSA) is 71.1 Å². The summed E-state index contributed by atoms with van der Waals surface area (Å²) in [5.41, 5.74) is 5.40. The van der Waals surface area contributed by atoms with Gasteiger partial charge >= 0.3 is 0 Å². The molecular formula is C21H17N3O2. The van der Waals surface area contributed by atoms with Crippen LogP contribution >= 0.6 is 0 Å². The molecule has 0 radical (unpaired) electrons. The minimum Gasteiger partial charge on any atom is -0.348 e. The molecule has 0 bridgehead atoms. The highest BCUT2D eigenvalue weighted by Crippen LogP contribution is 2.25. The summed E-state index contributed by atoms with van der Waals surface area (Å²) in [6, 6.07) is 15.3. The van der Waals surface area contributed by atoms with E-state index >= 15 is 0 Å². The first kappa shape index (κ1) is 16.0. The number of hydrogen-bond donors (Lipinski definition) is 2. The fraction of sp³-hybridized carbons (Fsp3) is 0.0952. The van der Waals surface area contributed by atoms with E-state index in [4.69, 9.17) is 0 Å². The van der Waals surface area contributed by atoms with E-state index in [1.807, 2.05) is 43.3 Å². The average Bonchev–Trinajstić information content (AvgIpc) is 3.04. The molecule has 0 atom stereocenters. The molecule has 0 saturated carbocycles. The third-order valence-corrected chi connectivity index (χ3v) is 4.42. The van der Waals surface area contributed by atoms with Crippen molar-refractivity contribution in [2.24, 2.45) is 0 Å². The minimum atomic E-state index is -0.292. The molecule has 2 N–H and O–H groups in total. The van der Waals surface area contributed by atoms with Crippen molar-refractivity contribution in [3.63, 3.8) is 0 Å². The molecule has 2 amide bonds. The van der Waals surface area contributed by atoms with Crippen LogP contribution in [0.1, 0.15) is 31.8 Å². The summed E-state index contributed by atoms with van der Waals surface area (Å²) in [6.07, 6.45) is 3.26. The monoisotopic (exact) mass is 343 g/mol. The van der Waals surface area contributed by atoms with Crippen molar-refractivity contribution in [3.8, 4) is 11.1 Å². The SMILES string of the molecule is Cc1cccc(-c2cncc(C(=O)Nc3cccc4c3C(=O)NC4)c2)c1. The number of aromatic nitrogens is 1. The number of rotatable bonds is 3. The van der Waals surface area contributed by atoms with Crippen LogP contribution in [-0.4, -0.2) is 16.8 Å². The zero-order valence-electron chi connectivity index (χ0n) is 14.2. The molecule has 26 heavy (non-hydrogen) atoms. The molecule has 1 aliphatic heterocycles. The molecule has 0 fully saturated rings. The van der Waals surface area contributed by atoms with E-state index in [1.54, 1.807) is 18.3 Å². The van der Waals surface area contributed by atoms with Gasteiger partial charge in [0.2, 0.25) is 0 Å². The Bertz CT molecular complexity index is 1030. The molecule has 0 aliphatic carbocycles. The van der Waals surface area contributed by atoms with Gasteiger partial charge in [-0.25, -0.2) is 0 Å². The van der Waals surface area contributed by atoms with Crippen LogP contribution in [0, 0.1) is 6.92 Å². The predicted molar refractivity (Wildman–Crippen MR) is 100.0 cm³/mol. The number of nitrogens with one attached hydrogen (secondary N) is 2. The summed E-state index contributed by atoms with van der Waals surface area (Å²) in [6.45, 7) is 2.51. The van der Waals surface area contributed by atoms with Crippen molar-refractivity contribution in [1.82, 2.24) is 10.3 Å². The highest BCUT2D eigenvalue weighted by molar-refractivity contribution is 6.10. The van der Waals surface area contributed by atoms with E-state index in [1.165, 1.54) is 6.20 Å². The molecule has 0 spiro atoms. The Kier molecular flexibility index (Phi) is 3.97. The molecule has 0 unspecified atom stereocenters. The van der Waals surface area contributed by atoms with Gasteiger partial charge in [-0.3, -0.25) is 14.6 Å². The van der Waals surface area contributed by atoms with Gasteiger partial charge < -0.3 is 10.6 Å². The van der Waals surface area contributed by atoms with E-state index in [-0.39, 0.29) is 11.8 Å². The Labute approximate surface area is 151 Å². The second-order valence-corrected chi connectivity index (χ2v) is 6.31. The number of benzene rings is 2. The van der Waals surface area contributed by atoms with Crippen LogP contribution in [0.15, 0.2) is 60.9 Å². The third kappa shape index (κ3) is 2.95. The number of carbonyl (C=O) groups excluding carboxylic acids is 2. The van der Waals surface area contributed by atoms with E-state index in [0.717, 1.165) is 22.3 Å². The fourth-order valence-corrected chi connectivity index (χ4v) is 3.12. The van der Waals surface area contributed by atoms with Gasteiger partial charge in [-0.15, -0.1) is 0 Å². The largest absolute Gasteiger partial charge is 0.348 e. The highest BCUT2D eigenvalue weighted by atomic mass is 16.2. The van der Waals surface area contributed by atoms with Gasteiger partial charge in [0, 0.05) is 24.5 Å². The fourth-order valence-electron chi connectivity index (χ4n) is 3.12. The average molecular weight is 343 g/mol.